The van der Waals surface area contributed by atoms with Gasteiger partial charge in [-0.15, -0.1) is 0 Å². The molecule has 0 spiro atoms. The summed E-state index contributed by atoms with van der Waals surface area (Å²) in [5.74, 6) is 0.833. The third-order valence-electron chi connectivity index (χ3n) is 3.68. The van der Waals surface area contributed by atoms with Gasteiger partial charge in [-0.25, -0.2) is 0 Å². The minimum atomic E-state index is 0.671. The second-order valence-electron chi connectivity index (χ2n) is 5.25. The molecule has 1 heterocycles. The van der Waals surface area contributed by atoms with Gasteiger partial charge in [0.15, 0.2) is 0 Å². The Hall–Kier alpha value is -1.08. The Bertz CT molecular complexity index is 370. The average Bonchev–Trinajstić information content (AvgIpc) is 2.54. The Morgan fingerprint density at radius 2 is 2.35 bits per heavy atom. The Labute approximate surface area is 105 Å². The minimum absolute atomic E-state index is 0.671. The lowest BCUT2D eigenvalue weighted by molar-refractivity contribution is 0.426. The zero-order chi connectivity index (χ0) is 12.1. The molecule has 0 bridgehead atoms. The van der Waals surface area contributed by atoms with Crippen LogP contribution in [-0.4, -0.2) is 12.6 Å². The number of rotatable bonds is 3. The van der Waals surface area contributed by atoms with E-state index in [1.54, 1.807) is 0 Å². The second-order valence-corrected chi connectivity index (χ2v) is 5.25. The van der Waals surface area contributed by atoms with E-state index in [1.807, 2.05) is 6.08 Å². The lowest BCUT2D eigenvalue weighted by atomic mass is 9.90. The molecule has 0 saturated carbocycles. The maximum absolute atomic E-state index is 3.84. The summed E-state index contributed by atoms with van der Waals surface area (Å²) in [6.45, 7) is 7.32. The maximum atomic E-state index is 3.84. The zero-order valence-electron chi connectivity index (χ0n) is 10.8. The highest BCUT2D eigenvalue weighted by atomic mass is 14.9. The molecule has 2 rings (SSSR count). The molecule has 1 aromatic carbocycles. The normalized spacial score (nSPS) is 25.2. The minimum Gasteiger partial charge on any atom is -0.314 e. The first-order chi connectivity index (χ1) is 8.28. The van der Waals surface area contributed by atoms with Crippen molar-refractivity contribution in [2.24, 2.45) is 5.92 Å². The van der Waals surface area contributed by atoms with Crippen molar-refractivity contribution >= 4 is 6.08 Å². The predicted molar refractivity (Wildman–Crippen MR) is 75.0 cm³/mol. The van der Waals surface area contributed by atoms with Crippen molar-refractivity contribution < 1.29 is 0 Å². The van der Waals surface area contributed by atoms with Gasteiger partial charge in [0.25, 0.3) is 0 Å². The van der Waals surface area contributed by atoms with Gasteiger partial charge in [-0.1, -0.05) is 36.9 Å². The molecular weight excluding hydrogens is 206 g/mol. The second kappa shape index (κ2) is 6.02. The van der Waals surface area contributed by atoms with Crippen molar-refractivity contribution in [3.05, 3.63) is 42.0 Å². The molecule has 1 fully saturated rings. The van der Waals surface area contributed by atoms with Crippen LogP contribution in [0.3, 0.4) is 0 Å². The van der Waals surface area contributed by atoms with E-state index < -0.39 is 0 Å². The molecule has 1 aliphatic rings. The standard InChI is InChI=1S/C16H23N/c1-3-14-6-4-7-16(11-14)12-15-8-5-9-17-13(2)10-15/h3-4,6-7,11,13,15,17H,1,5,8-10,12H2,2H3. The third kappa shape index (κ3) is 3.71. The summed E-state index contributed by atoms with van der Waals surface area (Å²) in [6.07, 6.45) is 7.12. The van der Waals surface area contributed by atoms with Gasteiger partial charge in [-0.05, 0) is 56.2 Å². The molecule has 0 amide bonds. The molecule has 0 aliphatic carbocycles. The molecule has 0 aromatic heterocycles. The summed E-state index contributed by atoms with van der Waals surface area (Å²) in [6, 6.07) is 9.45. The van der Waals surface area contributed by atoms with Crippen molar-refractivity contribution in [2.75, 3.05) is 6.54 Å². The van der Waals surface area contributed by atoms with Gasteiger partial charge in [0.2, 0.25) is 0 Å². The molecule has 0 radical (unpaired) electrons. The smallest absolute Gasteiger partial charge is 0.00414 e. The van der Waals surface area contributed by atoms with Crippen LogP contribution in [0.2, 0.25) is 0 Å². The lowest BCUT2D eigenvalue weighted by Gasteiger charge is -2.17. The molecular formula is C16H23N. The van der Waals surface area contributed by atoms with Crippen molar-refractivity contribution in [2.45, 2.75) is 38.6 Å². The van der Waals surface area contributed by atoms with Crippen LogP contribution < -0.4 is 5.32 Å². The van der Waals surface area contributed by atoms with Gasteiger partial charge >= 0.3 is 0 Å². The summed E-state index contributed by atoms with van der Waals surface area (Å²) in [5.41, 5.74) is 2.70. The van der Waals surface area contributed by atoms with Crippen LogP contribution in [0.25, 0.3) is 6.08 Å². The number of benzene rings is 1. The SMILES string of the molecule is C=Cc1cccc(CC2CCCNC(C)C2)c1. The number of nitrogens with one attached hydrogen (secondary N) is 1. The van der Waals surface area contributed by atoms with Crippen molar-refractivity contribution in [3.8, 4) is 0 Å². The fourth-order valence-corrected chi connectivity index (χ4v) is 2.81. The lowest BCUT2D eigenvalue weighted by Crippen LogP contribution is -2.25. The molecule has 1 N–H and O–H groups in total. The molecule has 1 nitrogen and oxygen atoms in total. The van der Waals surface area contributed by atoms with E-state index in [4.69, 9.17) is 0 Å². The molecule has 92 valence electrons. The Balaban J connectivity index is 2.00. The molecule has 1 heteroatoms. The van der Waals surface area contributed by atoms with Gasteiger partial charge in [-0.2, -0.15) is 0 Å². The van der Waals surface area contributed by atoms with Crippen LogP contribution in [0.5, 0.6) is 0 Å². The predicted octanol–water partition coefficient (Wildman–Crippen LogP) is 3.65. The van der Waals surface area contributed by atoms with Crippen molar-refractivity contribution in [1.29, 1.82) is 0 Å². The monoisotopic (exact) mass is 229 g/mol. The first kappa shape index (κ1) is 12.4. The highest BCUT2D eigenvalue weighted by molar-refractivity contribution is 5.47. The molecule has 1 aliphatic heterocycles. The topological polar surface area (TPSA) is 12.0 Å². The van der Waals surface area contributed by atoms with Gasteiger partial charge in [-0.3, -0.25) is 0 Å². The molecule has 1 aromatic rings. The van der Waals surface area contributed by atoms with E-state index in [9.17, 15) is 0 Å². The van der Waals surface area contributed by atoms with Crippen LogP contribution in [0, 0.1) is 5.92 Å². The van der Waals surface area contributed by atoms with Crippen LogP contribution in [0.1, 0.15) is 37.3 Å². The molecule has 2 atom stereocenters. The number of hydrogen-bond acceptors (Lipinski definition) is 1. The largest absolute Gasteiger partial charge is 0.314 e. The van der Waals surface area contributed by atoms with Crippen LogP contribution in [0.4, 0.5) is 0 Å². The zero-order valence-corrected chi connectivity index (χ0v) is 10.8. The third-order valence-corrected chi connectivity index (χ3v) is 3.68. The maximum Gasteiger partial charge on any atom is 0.00414 e. The van der Waals surface area contributed by atoms with E-state index in [-0.39, 0.29) is 0 Å². The van der Waals surface area contributed by atoms with E-state index in [1.165, 1.54) is 43.4 Å². The number of hydrogen-bond donors (Lipinski definition) is 1. The highest BCUT2D eigenvalue weighted by Crippen LogP contribution is 2.22. The van der Waals surface area contributed by atoms with Gasteiger partial charge in [0.05, 0.1) is 0 Å². The Morgan fingerprint density at radius 3 is 3.18 bits per heavy atom. The summed E-state index contributed by atoms with van der Waals surface area (Å²) in [5, 5.41) is 3.57. The summed E-state index contributed by atoms with van der Waals surface area (Å²) >= 11 is 0. The Morgan fingerprint density at radius 1 is 1.47 bits per heavy atom. The molecule has 1 saturated heterocycles. The summed E-state index contributed by atoms with van der Waals surface area (Å²) < 4.78 is 0. The van der Waals surface area contributed by atoms with E-state index in [2.05, 4.69) is 43.1 Å². The fraction of sp³-hybridized carbons (Fsp3) is 0.500. The van der Waals surface area contributed by atoms with Gasteiger partial charge in [0, 0.05) is 6.04 Å². The van der Waals surface area contributed by atoms with E-state index in [0.29, 0.717) is 6.04 Å². The average molecular weight is 229 g/mol. The van der Waals surface area contributed by atoms with Crippen molar-refractivity contribution in [3.63, 3.8) is 0 Å². The van der Waals surface area contributed by atoms with Gasteiger partial charge in [0.1, 0.15) is 0 Å². The van der Waals surface area contributed by atoms with Crippen LogP contribution in [-0.2, 0) is 6.42 Å². The molecule has 2 unspecified atom stereocenters. The first-order valence-corrected chi connectivity index (χ1v) is 6.72. The summed E-state index contributed by atoms with van der Waals surface area (Å²) in [4.78, 5) is 0. The van der Waals surface area contributed by atoms with Crippen LogP contribution >= 0.6 is 0 Å². The quantitative estimate of drug-likeness (QED) is 0.834. The van der Waals surface area contributed by atoms with Crippen molar-refractivity contribution in [1.82, 2.24) is 5.32 Å². The summed E-state index contributed by atoms with van der Waals surface area (Å²) in [7, 11) is 0. The Kier molecular flexibility index (Phi) is 4.38. The highest BCUT2D eigenvalue weighted by Gasteiger charge is 2.16. The van der Waals surface area contributed by atoms with E-state index in [0.717, 1.165) is 5.92 Å². The molecule has 17 heavy (non-hydrogen) atoms. The fourth-order valence-electron chi connectivity index (χ4n) is 2.81. The first-order valence-electron chi connectivity index (χ1n) is 6.72. The van der Waals surface area contributed by atoms with Gasteiger partial charge < -0.3 is 5.32 Å². The van der Waals surface area contributed by atoms with E-state index >= 15 is 0 Å². The van der Waals surface area contributed by atoms with Crippen LogP contribution in [0.15, 0.2) is 30.8 Å².